The Hall–Kier alpha value is -1.06. The van der Waals surface area contributed by atoms with Crippen LogP contribution in [0.2, 0.25) is 0 Å². The molecule has 0 atom stereocenters. The highest BCUT2D eigenvalue weighted by molar-refractivity contribution is 5.75. The van der Waals surface area contributed by atoms with E-state index in [9.17, 15) is 9.59 Å². The minimum atomic E-state index is -0.108. The second kappa shape index (κ2) is 13.3. The van der Waals surface area contributed by atoms with Crippen molar-refractivity contribution in [2.45, 2.75) is 90.9 Å². The predicted molar refractivity (Wildman–Crippen MR) is 95.7 cm³/mol. The predicted octanol–water partition coefficient (Wildman–Crippen LogP) is 5.04. The monoisotopic (exact) mass is 340 g/mol. The zero-order valence-corrected chi connectivity index (χ0v) is 15.7. The molecule has 140 valence electrons. The summed E-state index contributed by atoms with van der Waals surface area (Å²) in [5.41, 5.74) is 0. The zero-order chi connectivity index (χ0) is 17.6. The molecule has 0 amide bonds. The first kappa shape index (κ1) is 21.0. The van der Waals surface area contributed by atoms with E-state index in [0.29, 0.717) is 13.2 Å². The van der Waals surface area contributed by atoms with Crippen molar-refractivity contribution in [1.29, 1.82) is 0 Å². The topological polar surface area (TPSA) is 52.6 Å². The average molecular weight is 341 g/mol. The van der Waals surface area contributed by atoms with Crippen LogP contribution in [0.3, 0.4) is 0 Å². The highest BCUT2D eigenvalue weighted by Gasteiger charge is 2.31. The van der Waals surface area contributed by atoms with Gasteiger partial charge in [0.15, 0.2) is 0 Å². The number of carbonyl (C=O) groups excluding carboxylic acids is 2. The maximum Gasteiger partial charge on any atom is 0.308 e. The molecule has 4 heteroatoms. The van der Waals surface area contributed by atoms with Crippen molar-refractivity contribution in [3.8, 4) is 0 Å². The van der Waals surface area contributed by atoms with Crippen molar-refractivity contribution in [3.05, 3.63) is 0 Å². The molecule has 0 N–H and O–H groups in total. The van der Waals surface area contributed by atoms with Crippen LogP contribution in [0.15, 0.2) is 0 Å². The Bertz CT molecular complexity index is 346. The van der Waals surface area contributed by atoms with Gasteiger partial charge in [-0.3, -0.25) is 9.59 Å². The van der Waals surface area contributed by atoms with Crippen LogP contribution in [0.4, 0.5) is 0 Å². The fraction of sp³-hybridized carbons (Fsp3) is 0.900. The molecule has 0 aromatic rings. The number of esters is 2. The quantitative estimate of drug-likeness (QED) is 0.369. The summed E-state index contributed by atoms with van der Waals surface area (Å²) >= 11 is 0. The van der Waals surface area contributed by atoms with E-state index in [1.54, 1.807) is 0 Å². The summed E-state index contributed by atoms with van der Waals surface area (Å²) in [5.74, 6) is -0.227. The lowest BCUT2D eigenvalue weighted by Crippen LogP contribution is -2.28. The fourth-order valence-corrected chi connectivity index (χ4v) is 3.35. The molecule has 0 aromatic heterocycles. The first-order valence-electron chi connectivity index (χ1n) is 10.0. The van der Waals surface area contributed by atoms with E-state index < -0.39 is 0 Å². The van der Waals surface area contributed by atoms with Crippen molar-refractivity contribution in [2.75, 3.05) is 13.2 Å². The summed E-state index contributed by atoms with van der Waals surface area (Å²) in [7, 11) is 0. The summed E-state index contributed by atoms with van der Waals surface area (Å²) in [5, 5.41) is 0. The number of rotatable bonds is 12. The third-order valence-electron chi connectivity index (χ3n) is 4.92. The lowest BCUT2D eigenvalue weighted by molar-refractivity contribution is -0.155. The Balaban J connectivity index is 2.01. The average Bonchev–Trinajstić information content (AvgIpc) is 2.60. The Morgan fingerprint density at radius 3 is 1.67 bits per heavy atom. The van der Waals surface area contributed by atoms with Crippen LogP contribution in [0.5, 0.6) is 0 Å². The van der Waals surface area contributed by atoms with Gasteiger partial charge in [-0.15, -0.1) is 0 Å². The number of unbranched alkanes of at least 4 members (excludes halogenated alkanes) is 7. The normalized spacial score (nSPS) is 20.6. The SMILES string of the molecule is CCCCCCCCCCOC(=O)C1CCC(C(=O)OCC)CC1. The van der Waals surface area contributed by atoms with Crippen molar-refractivity contribution in [2.24, 2.45) is 11.8 Å². The van der Waals surface area contributed by atoms with Gasteiger partial charge in [0.25, 0.3) is 0 Å². The van der Waals surface area contributed by atoms with Gasteiger partial charge in [-0.25, -0.2) is 0 Å². The first-order valence-corrected chi connectivity index (χ1v) is 10.0. The van der Waals surface area contributed by atoms with Crippen molar-refractivity contribution in [1.82, 2.24) is 0 Å². The van der Waals surface area contributed by atoms with Gasteiger partial charge in [-0.2, -0.15) is 0 Å². The van der Waals surface area contributed by atoms with Gasteiger partial charge in [0.05, 0.1) is 25.0 Å². The third-order valence-corrected chi connectivity index (χ3v) is 4.92. The van der Waals surface area contributed by atoms with Gasteiger partial charge in [-0.05, 0) is 39.0 Å². The molecule has 0 unspecified atom stereocenters. The van der Waals surface area contributed by atoms with Crippen LogP contribution in [0, 0.1) is 11.8 Å². The van der Waals surface area contributed by atoms with Gasteiger partial charge in [0.1, 0.15) is 0 Å². The van der Waals surface area contributed by atoms with Crippen LogP contribution in [0.25, 0.3) is 0 Å². The highest BCUT2D eigenvalue weighted by atomic mass is 16.5. The fourth-order valence-electron chi connectivity index (χ4n) is 3.35. The van der Waals surface area contributed by atoms with Crippen molar-refractivity contribution < 1.29 is 19.1 Å². The van der Waals surface area contributed by atoms with Gasteiger partial charge >= 0.3 is 11.9 Å². The van der Waals surface area contributed by atoms with E-state index in [2.05, 4.69) is 6.92 Å². The van der Waals surface area contributed by atoms with Gasteiger partial charge in [-0.1, -0.05) is 51.9 Å². The van der Waals surface area contributed by atoms with E-state index in [1.165, 1.54) is 38.5 Å². The second-order valence-electron chi connectivity index (χ2n) is 6.94. The zero-order valence-electron chi connectivity index (χ0n) is 15.7. The summed E-state index contributed by atoms with van der Waals surface area (Å²) < 4.78 is 10.5. The van der Waals surface area contributed by atoms with E-state index in [0.717, 1.165) is 38.5 Å². The first-order chi connectivity index (χ1) is 11.7. The molecule has 0 spiro atoms. The molecule has 0 bridgehead atoms. The summed E-state index contributed by atoms with van der Waals surface area (Å²) in [6.45, 7) is 5.04. The van der Waals surface area contributed by atoms with E-state index in [4.69, 9.17) is 9.47 Å². The highest BCUT2D eigenvalue weighted by Crippen LogP contribution is 2.30. The Morgan fingerprint density at radius 2 is 1.17 bits per heavy atom. The van der Waals surface area contributed by atoms with Crippen LogP contribution >= 0.6 is 0 Å². The maximum absolute atomic E-state index is 12.1. The maximum atomic E-state index is 12.1. The van der Waals surface area contributed by atoms with Gasteiger partial charge in [0, 0.05) is 0 Å². The molecular weight excluding hydrogens is 304 g/mol. The summed E-state index contributed by atoms with van der Waals surface area (Å²) in [6.07, 6.45) is 13.0. The lowest BCUT2D eigenvalue weighted by Gasteiger charge is -2.25. The molecule has 4 nitrogen and oxygen atoms in total. The smallest absolute Gasteiger partial charge is 0.308 e. The molecule has 1 rings (SSSR count). The molecule has 0 radical (unpaired) electrons. The molecular formula is C20H36O4. The summed E-state index contributed by atoms with van der Waals surface area (Å²) in [4.78, 5) is 23.8. The Morgan fingerprint density at radius 1 is 0.708 bits per heavy atom. The molecule has 24 heavy (non-hydrogen) atoms. The number of ether oxygens (including phenoxy) is 2. The van der Waals surface area contributed by atoms with Gasteiger partial charge in [0.2, 0.25) is 0 Å². The minimum Gasteiger partial charge on any atom is -0.466 e. The number of hydrogen-bond donors (Lipinski definition) is 0. The molecule has 0 aromatic carbocycles. The third kappa shape index (κ3) is 8.70. The largest absolute Gasteiger partial charge is 0.466 e. The van der Waals surface area contributed by atoms with Crippen LogP contribution in [0.1, 0.15) is 90.9 Å². The van der Waals surface area contributed by atoms with E-state index in [-0.39, 0.29) is 23.8 Å². The molecule has 1 aliphatic carbocycles. The van der Waals surface area contributed by atoms with Crippen LogP contribution in [-0.4, -0.2) is 25.2 Å². The summed E-state index contributed by atoms with van der Waals surface area (Å²) in [6, 6.07) is 0. The minimum absolute atomic E-state index is 0.0234. The van der Waals surface area contributed by atoms with Crippen LogP contribution < -0.4 is 0 Å². The van der Waals surface area contributed by atoms with Gasteiger partial charge < -0.3 is 9.47 Å². The molecule has 0 aliphatic heterocycles. The Labute approximate surface area is 147 Å². The van der Waals surface area contributed by atoms with Crippen LogP contribution in [-0.2, 0) is 19.1 Å². The van der Waals surface area contributed by atoms with Crippen molar-refractivity contribution in [3.63, 3.8) is 0 Å². The molecule has 1 fully saturated rings. The molecule has 0 heterocycles. The molecule has 1 aliphatic rings. The Kier molecular flexibility index (Phi) is 11.6. The number of hydrogen-bond acceptors (Lipinski definition) is 4. The van der Waals surface area contributed by atoms with E-state index >= 15 is 0 Å². The number of carbonyl (C=O) groups is 2. The molecule has 0 saturated heterocycles. The standard InChI is InChI=1S/C20H36O4/c1-3-5-6-7-8-9-10-11-16-24-20(22)18-14-12-17(13-15-18)19(21)23-4-2/h17-18H,3-16H2,1-2H3. The second-order valence-corrected chi connectivity index (χ2v) is 6.94. The van der Waals surface area contributed by atoms with E-state index in [1.807, 2.05) is 6.92 Å². The lowest BCUT2D eigenvalue weighted by atomic mass is 9.82. The van der Waals surface area contributed by atoms with Crippen molar-refractivity contribution >= 4 is 11.9 Å². The molecule has 1 saturated carbocycles.